The van der Waals surface area contributed by atoms with Crippen LogP contribution in [0.2, 0.25) is 0 Å². The van der Waals surface area contributed by atoms with Gasteiger partial charge >= 0.3 is 6.18 Å². The van der Waals surface area contributed by atoms with E-state index in [1.165, 1.54) is 6.07 Å². The number of halogens is 4. The number of hydrogen-bond acceptors (Lipinski definition) is 1. The molecule has 1 saturated carbocycles. The molecule has 2 rings (SSSR count). The van der Waals surface area contributed by atoms with Crippen LogP contribution in [0.1, 0.15) is 35.7 Å². The highest BCUT2D eigenvalue weighted by Gasteiger charge is 2.39. The van der Waals surface area contributed by atoms with Crippen molar-refractivity contribution in [3.8, 4) is 0 Å². The third-order valence-electron chi connectivity index (χ3n) is 2.41. The van der Waals surface area contributed by atoms with Gasteiger partial charge < -0.3 is 0 Å². The highest BCUT2D eigenvalue weighted by Crippen LogP contribution is 2.45. The molecule has 15 heavy (non-hydrogen) atoms. The van der Waals surface area contributed by atoms with E-state index in [0.29, 0.717) is 5.56 Å². The van der Waals surface area contributed by atoms with Crippen LogP contribution in [-0.2, 0) is 12.1 Å². The normalized spacial score (nSPS) is 16.8. The zero-order valence-corrected chi connectivity index (χ0v) is 8.57. The molecule has 1 aromatic rings. The van der Waals surface area contributed by atoms with Gasteiger partial charge in [0, 0.05) is 0 Å². The molecule has 1 aromatic heterocycles. The lowest BCUT2D eigenvalue weighted by Gasteiger charge is -2.12. The smallest absolute Gasteiger partial charge is 0.247 e. The summed E-state index contributed by atoms with van der Waals surface area (Å²) in [6, 6.07) is 3.07. The number of hydrogen-bond donors (Lipinski definition) is 0. The van der Waals surface area contributed by atoms with Gasteiger partial charge in [-0.2, -0.15) is 13.2 Å². The van der Waals surface area contributed by atoms with Crippen molar-refractivity contribution in [2.75, 3.05) is 0 Å². The average Bonchev–Trinajstić information content (AvgIpc) is 2.99. The van der Waals surface area contributed by atoms with E-state index in [4.69, 9.17) is 11.6 Å². The molecule has 82 valence electrons. The van der Waals surface area contributed by atoms with E-state index >= 15 is 0 Å². The molecule has 0 N–H and O–H groups in total. The monoisotopic (exact) mass is 235 g/mol. The highest BCUT2D eigenvalue weighted by atomic mass is 35.5. The Morgan fingerprint density at radius 3 is 2.47 bits per heavy atom. The Kier molecular flexibility index (Phi) is 2.63. The lowest BCUT2D eigenvalue weighted by Crippen LogP contribution is -2.12. The van der Waals surface area contributed by atoms with Gasteiger partial charge in [-0.25, -0.2) is 4.98 Å². The van der Waals surface area contributed by atoms with Crippen molar-refractivity contribution in [3.05, 3.63) is 29.1 Å². The fourth-order valence-corrected chi connectivity index (χ4v) is 1.68. The maximum Gasteiger partial charge on any atom is 0.433 e. The number of aromatic nitrogens is 1. The molecule has 1 nitrogen and oxygen atoms in total. The minimum Gasteiger partial charge on any atom is -0.247 e. The van der Waals surface area contributed by atoms with Crippen molar-refractivity contribution < 1.29 is 13.2 Å². The van der Waals surface area contributed by atoms with Gasteiger partial charge in [0.2, 0.25) is 0 Å². The molecule has 1 aliphatic rings. The van der Waals surface area contributed by atoms with Crippen molar-refractivity contribution >= 4 is 11.6 Å². The van der Waals surface area contributed by atoms with Crippen LogP contribution < -0.4 is 0 Å². The number of pyridine rings is 1. The van der Waals surface area contributed by atoms with Gasteiger partial charge in [-0.1, -0.05) is 6.07 Å². The first-order valence-corrected chi connectivity index (χ1v) is 5.19. The maximum atomic E-state index is 12.6. The van der Waals surface area contributed by atoms with E-state index in [1.54, 1.807) is 6.07 Å². The van der Waals surface area contributed by atoms with E-state index in [0.717, 1.165) is 12.8 Å². The molecular weight excluding hydrogens is 227 g/mol. The standard InChI is InChI=1S/C10H9ClF3N/c11-5-7-3-4-8(6-1-2-6)9(15-7)10(12,13)14/h3-4,6H,1-2,5H2. The lowest BCUT2D eigenvalue weighted by atomic mass is 10.1. The van der Waals surface area contributed by atoms with Crippen molar-refractivity contribution in [3.63, 3.8) is 0 Å². The van der Waals surface area contributed by atoms with Gasteiger partial charge in [-0.3, -0.25) is 0 Å². The lowest BCUT2D eigenvalue weighted by molar-refractivity contribution is -0.141. The first-order valence-electron chi connectivity index (χ1n) is 4.65. The van der Waals surface area contributed by atoms with Gasteiger partial charge in [-0.15, -0.1) is 11.6 Å². The molecule has 0 saturated heterocycles. The molecule has 0 aromatic carbocycles. The van der Waals surface area contributed by atoms with Crippen molar-refractivity contribution in [1.29, 1.82) is 0 Å². The second kappa shape index (κ2) is 3.67. The van der Waals surface area contributed by atoms with Gasteiger partial charge in [0.15, 0.2) is 0 Å². The Hall–Kier alpha value is -0.770. The summed E-state index contributed by atoms with van der Waals surface area (Å²) in [7, 11) is 0. The number of alkyl halides is 4. The Morgan fingerprint density at radius 2 is 2.00 bits per heavy atom. The molecule has 0 spiro atoms. The molecule has 0 amide bonds. The van der Waals surface area contributed by atoms with E-state index in [1.807, 2.05) is 0 Å². The predicted octanol–water partition coefficient (Wildman–Crippen LogP) is 3.72. The zero-order chi connectivity index (χ0) is 11.1. The third-order valence-corrected chi connectivity index (χ3v) is 2.68. The molecule has 0 aliphatic heterocycles. The number of nitrogens with zero attached hydrogens (tertiary/aromatic N) is 1. The van der Waals surface area contributed by atoms with Crippen molar-refractivity contribution in [2.24, 2.45) is 0 Å². The fourth-order valence-electron chi connectivity index (χ4n) is 1.54. The van der Waals surface area contributed by atoms with Gasteiger partial charge in [0.25, 0.3) is 0 Å². The topological polar surface area (TPSA) is 12.9 Å². The van der Waals surface area contributed by atoms with Crippen LogP contribution in [0.4, 0.5) is 13.2 Å². The first-order chi connectivity index (χ1) is 7.02. The van der Waals surface area contributed by atoms with Gasteiger partial charge in [0.05, 0.1) is 11.6 Å². The molecule has 0 radical (unpaired) electrons. The van der Waals surface area contributed by atoms with Crippen LogP contribution in [0.25, 0.3) is 0 Å². The predicted molar refractivity (Wildman–Crippen MR) is 50.8 cm³/mol. The van der Waals surface area contributed by atoms with Crippen LogP contribution in [-0.4, -0.2) is 4.98 Å². The van der Waals surface area contributed by atoms with E-state index in [9.17, 15) is 13.2 Å². The summed E-state index contributed by atoms with van der Waals surface area (Å²) in [5.74, 6) is 0.0482. The molecule has 1 aliphatic carbocycles. The molecule has 0 bridgehead atoms. The summed E-state index contributed by atoms with van der Waals surface area (Å²) in [5, 5.41) is 0. The summed E-state index contributed by atoms with van der Waals surface area (Å²) in [4.78, 5) is 3.57. The second-order valence-electron chi connectivity index (χ2n) is 3.65. The van der Waals surface area contributed by atoms with Gasteiger partial charge in [0.1, 0.15) is 5.69 Å². The van der Waals surface area contributed by atoms with E-state index in [2.05, 4.69) is 4.98 Å². The second-order valence-corrected chi connectivity index (χ2v) is 3.91. The summed E-state index contributed by atoms with van der Waals surface area (Å²) in [6.45, 7) is 0. The van der Waals surface area contributed by atoms with Crippen LogP contribution >= 0.6 is 11.6 Å². The Balaban J connectivity index is 2.45. The minimum absolute atomic E-state index is 0.00796. The zero-order valence-electron chi connectivity index (χ0n) is 7.81. The van der Waals surface area contributed by atoms with Crippen molar-refractivity contribution in [2.45, 2.75) is 30.8 Å². The van der Waals surface area contributed by atoms with Crippen LogP contribution in [0.5, 0.6) is 0 Å². The Morgan fingerprint density at radius 1 is 1.33 bits per heavy atom. The van der Waals surface area contributed by atoms with Crippen LogP contribution in [0, 0.1) is 0 Å². The first kappa shape index (κ1) is 10.7. The highest BCUT2D eigenvalue weighted by molar-refractivity contribution is 6.16. The summed E-state index contributed by atoms with van der Waals surface area (Å²) >= 11 is 5.47. The molecule has 0 atom stereocenters. The molecule has 1 fully saturated rings. The summed E-state index contributed by atoms with van der Waals surface area (Å²) < 4.78 is 37.9. The summed E-state index contributed by atoms with van der Waals surface area (Å²) in [6.07, 6.45) is -2.73. The minimum atomic E-state index is -4.38. The SMILES string of the molecule is FC(F)(F)c1nc(CCl)ccc1C1CC1. The van der Waals surface area contributed by atoms with E-state index < -0.39 is 11.9 Å². The summed E-state index contributed by atoms with van der Waals surface area (Å²) in [5.41, 5.74) is -0.173. The van der Waals surface area contributed by atoms with E-state index in [-0.39, 0.29) is 17.5 Å². The van der Waals surface area contributed by atoms with Crippen LogP contribution in [0.15, 0.2) is 12.1 Å². The molecule has 5 heteroatoms. The Bertz CT molecular complexity index is 371. The van der Waals surface area contributed by atoms with Crippen LogP contribution in [0.3, 0.4) is 0 Å². The number of rotatable bonds is 2. The molecule has 0 unspecified atom stereocenters. The fraction of sp³-hybridized carbons (Fsp3) is 0.500. The van der Waals surface area contributed by atoms with Crippen molar-refractivity contribution in [1.82, 2.24) is 4.98 Å². The quantitative estimate of drug-likeness (QED) is 0.712. The third kappa shape index (κ3) is 2.25. The maximum absolute atomic E-state index is 12.6. The van der Waals surface area contributed by atoms with Gasteiger partial charge in [-0.05, 0) is 30.4 Å². The molecule has 1 heterocycles. The Labute approximate surface area is 90.3 Å². The largest absolute Gasteiger partial charge is 0.433 e. The molecular formula is C10H9ClF3N. The average molecular weight is 236 g/mol.